The molecule has 4 rings (SSSR count). The number of halogens is 3. The molecule has 132 valence electrons. The number of rotatable bonds is 1. The third kappa shape index (κ3) is 2.40. The predicted molar refractivity (Wildman–Crippen MR) is 86.2 cm³/mol. The van der Waals surface area contributed by atoms with Gasteiger partial charge in [0, 0.05) is 12.8 Å². The summed E-state index contributed by atoms with van der Waals surface area (Å²) in [6.45, 7) is 2.23. The van der Waals surface area contributed by atoms with Gasteiger partial charge >= 0.3 is 6.18 Å². The minimum absolute atomic E-state index is 0.0275. The Labute approximate surface area is 141 Å². The van der Waals surface area contributed by atoms with Crippen molar-refractivity contribution in [2.75, 3.05) is 0 Å². The van der Waals surface area contributed by atoms with Gasteiger partial charge in [0.15, 0.2) is 5.78 Å². The Bertz CT molecular complexity index is 617. The Kier molecular flexibility index (Phi) is 3.57. The van der Waals surface area contributed by atoms with E-state index in [4.69, 9.17) is 0 Å². The summed E-state index contributed by atoms with van der Waals surface area (Å²) in [4.78, 5) is 11.8. The van der Waals surface area contributed by atoms with E-state index in [1.165, 1.54) is 0 Å². The van der Waals surface area contributed by atoms with Gasteiger partial charge in [0.05, 0.1) is 0 Å². The number of hydrogen-bond donors (Lipinski definition) is 0. The highest BCUT2D eigenvalue weighted by molar-refractivity contribution is 5.92. The SMILES string of the molecule is C[C@]12CCC(=O)C=C1C=C[C@H]1[C@@H]3CCC[C@@]3(CC(F)(F)F)CC[C@@H]12. The van der Waals surface area contributed by atoms with Gasteiger partial charge in [-0.2, -0.15) is 13.2 Å². The summed E-state index contributed by atoms with van der Waals surface area (Å²) < 4.78 is 39.7. The Morgan fingerprint density at radius 2 is 1.96 bits per heavy atom. The summed E-state index contributed by atoms with van der Waals surface area (Å²) in [7, 11) is 0. The first kappa shape index (κ1) is 16.4. The summed E-state index contributed by atoms with van der Waals surface area (Å²) in [6.07, 6.45) is 6.88. The number of carbonyl (C=O) groups excluding carboxylic acids is 1. The fraction of sp³-hybridized carbons (Fsp3) is 0.750. The number of alkyl halides is 3. The van der Waals surface area contributed by atoms with E-state index < -0.39 is 18.0 Å². The molecule has 0 spiro atoms. The van der Waals surface area contributed by atoms with Gasteiger partial charge in [0.1, 0.15) is 0 Å². The fourth-order valence-electron chi connectivity index (χ4n) is 6.50. The number of ketones is 1. The summed E-state index contributed by atoms with van der Waals surface area (Å²) in [5.74, 6) is 0.990. The first-order chi connectivity index (χ1) is 11.2. The smallest absolute Gasteiger partial charge is 0.295 e. The van der Waals surface area contributed by atoms with Gasteiger partial charge in [-0.1, -0.05) is 25.5 Å². The maximum atomic E-state index is 13.2. The van der Waals surface area contributed by atoms with Crippen LogP contribution >= 0.6 is 0 Å². The summed E-state index contributed by atoms with van der Waals surface area (Å²) in [5.41, 5.74) is 0.549. The topological polar surface area (TPSA) is 17.1 Å². The molecule has 0 saturated heterocycles. The zero-order valence-electron chi connectivity index (χ0n) is 14.2. The van der Waals surface area contributed by atoms with Gasteiger partial charge in [0.2, 0.25) is 0 Å². The Balaban J connectivity index is 1.70. The van der Waals surface area contributed by atoms with Crippen LogP contribution in [-0.4, -0.2) is 12.0 Å². The van der Waals surface area contributed by atoms with E-state index in [9.17, 15) is 18.0 Å². The van der Waals surface area contributed by atoms with Crippen LogP contribution in [0, 0.1) is 28.6 Å². The second-order valence-electron chi connectivity index (χ2n) is 8.72. The van der Waals surface area contributed by atoms with Crippen LogP contribution in [0.1, 0.15) is 58.3 Å². The number of hydrogen-bond acceptors (Lipinski definition) is 1. The van der Waals surface area contributed by atoms with Gasteiger partial charge in [-0.3, -0.25) is 4.79 Å². The minimum atomic E-state index is -4.07. The molecule has 4 heteroatoms. The van der Waals surface area contributed by atoms with Crippen molar-refractivity contribution in [2.45, 2.75) is 64.5 Å². The molecule has 0 aromatic heterocycles. The molecule has 0 aromatic carbocycles. The lowest BCUT2D eigenvalue weighted by Gasteiger charge is -2.56. The molecule has 5 atom stereocenters. The average Bonchev–Trinajstić information content (AvgIpc) is 2.89. The van der Waals surface area contributed by atoms with Gasteiger partial charge in [-0.15, -0.1) is 0 Å². The van der Waals surface area contributed by atoms with Crippen LogP contribution in [0.5, 0.6) is 0 Å². The second kappa shape index (κ2) is 5.22. The van der Waals surface area contributed by atoms with Crippen molar-refractivity contribution < 1.29 is 18.0 Å². The highest BCUT2D eigenvalue weighted by Crippen LogP contribution is 2.65. The molecule has 0 aliphatic heterocycles. The highest BCUT2D eigenvalue weighted by Gasteiger charge is 2.58. The van der Waals surface area contributed by atoms with E-state index in [-0.39, 0.29) is 23.0 Å². The Hall–Kier alpha value is -1.06. The maximum absolute atomic E-state index is 13.2. The number of fused-ring (bicyclic) bond motifs is 5. The highest BCUT2D eigenvalue weighted by atomic mass is 19.4. The molecule has 0 heterocycles. The summed E-state index contributed by atoms with van der Waals surface area (Å²) >= 11 is 0. The predicted octanol–water partition coefficient (Wildman–Crippen LogP) is 5.62. The lowest BCUT2D eigenvalue weighted by Crippen LogP contribution is -2.49. The van der Waals surface area contributed by atoms with Crippen molar-refractivity contribution in [1.29, 1.82) is 0 Å². The van der Waals surface area contributed by atoms with Gasteiger partial charge < -0.3 is 0 Å². The van der Waals surface area contributed by atoms with Gasteiger partial charge in [0.25, 0.3) is 0 Å². The van der Waals surface area contributed by atoms with Crippen LogP contribution < -0.4 is 0 Å². The van der Waals surface area contributed by atoms with Gasteiger partial charge in [-0.05, 0) is 72.3 Å². The molecule has 0 unspecified atom stereocenters. The lowest BCUT2D eigenvalue weighted by molar-refractivity contribution is -0.175. The first-order valence-corrected chi connectivity index (χ1v) is 9.24. The molecule has 0 amide bonds. The quantitative estimate of drug-likeness (QED) is 0.607. The van der Waals surface area contributed by atoms with Crippen molar-refractivity contribution in [1.82, 2.24) is 0 Å². The van der Waals surface area contributed by atoms with E-state index in [0.717, 1.165) is 37.7 Å². The van der Waals surface area contributed by atoms with E-state index in [1.807, 2.05) is 0 Å². The van der Waals surface area contributed by atoms with Crippen LogP contribution in [-0.2, 0) is 4.79 Å². The van der Waals surface area contributed by atoms with E-state index >= 15 is 0 Å². The zero-order chi connectivity index (χ0) is 17.2. The molecule has 1 nitrogen and oxygen atoms in total. The monoisotopic (exact) mass is 338 g/mol. The third-order valence-corrected chi connectivity index (χ3v) is 7.59. The van der Waals surface area contributed by atoms with Gasteiger partial charge in [-0.25, -0.2) is 0 Å². The first-order valence-electron chi connectivity index (χ1n) is 9.24. The van der Waals surface area contributed by atoms with Crippen LogP contribution in [0.3, 0.4) is 0 Å². The largest absolute Gasteiger partial charge is 0.389 e. The molecule has 0 N–H and O–H groups in total. The van der Waals surface area contributed by atoms with Crippen molar-refractivity contribution in [3.05, 3.63) is 23.8 Å². The number of carbonyl (C=O) groups is 1. The lowest BCUT2D eigenvalue weighted by atomic mass is 9.48. The van der Waals surface area contributed by atoms with Crippen LogP contribution in [0.15, 0.2) is 23.8 Å². The van der Waals surface area contributed by atoms with E-state index in [2.05, 4.69) is 19.1 Å². The molecule has 4 aliphatic carbocycles. The standard InChI is InChI=1S/C20H25F3O/c1-18-9-6-14(24)11-13(18)4-5-15-16(18)7-10-19(12-20(21,22)23)8-2-3-17(15)19/h4-5,11,15-17H,2-3,6-10,12H2,1H3/t15-,16+,17+,18+,19+/m1/s1. The minimum Gasteiger partial charge on any atom is -0.295 e. The molecule has 2 fully saturated rings. The number of allylic oxidation sites excluding steroid dienone is 4. The Morgan fingerprint density at radius 1 is 1.17 bits per heavy atom. The molecular formula is C20H25F3O. The fourth-order valence-corrected chi connectivity index (χ4v) is 6.50. The van der Waals surface area contributed by atoms with Crippen molar-refractivity contribution in [2.24, 2.45) is 28.6 Å². The summed E-state index contributed by atoms with van der Waals surface area (Å²) in [6, 6.07) is 0. The molecule has 4 aliphatic rings. The average molecular weight is 338 g/mol. The maximum Gasteiger partial charge on any atom is 0.389 e. The van der Waals surface area contributed by atoms with Crippen LogP contribution in [0.25, 0.3) is 0 Å². The second-order valence-corrected chi connectivity index (χ2v) is 8.72. The van der Waals surface area contributed by atoms with Crippen molar-refractivity contribution in [3.63, 3.8) is 0 Å². The zero-order valence-corrected chi connectivity index (χ0v) is 14.2. The molecule has 0 bridgehead atoms. The van der Waals surface area contributed by atoms with E-state index in [1.54, 1.807) is 6.08 Å². The third-order valence-electron chi connectivity index (χ3n) is 7.59. The van der Waals surface area contributed by atoms with Crippen molar-refractivity contribution >= 4 is 5.78 Å². The van der Waals surface area contributed by atoms with E-state index in [0.29, 0.717) is 18.8 Å². The summed E-state index contributed by atoms with van der Waals surface area (Å²) in [5, 5.41) is 0. The molecule has 24 heavy (non-hydrogen) atoms. The molecular weight excluding hydrogens is 313 g/mol. The van der Waals surface area contributed by atoms with Crippen LogP contribution in [0.2, 0.25) is 0 Å². The molecule has 2 saturated carbocycles. The molecule has 0 aromatic rings. The molecule has 0 radical (unpaired) electrons. The Morgan fingerprint density at radius 3 is 2.71 bits per heavy atom. The normalized spacial score (nSPS) is 44.6. The van der Waals surface area contributed by atoms with Crippen molar-refractivity contribution in [3.8, 4) is 0 Å². The van der Waals surface area contributed by atoms with Crippen LogP contribution in [0.4, 0.5) is 13.2 Å².